The number of nitrogens with zero attached hydrogens (tertiary/aromatic N) is 2. The van der Waals surface area contributed by atoms with E-state index in [9.17, 15) is 4.79 Å². The maximum absolute atomic E-state index is 12.4. The van der Waals surface area contributed by atoms with E-state index < -0.39 is 0 Å². The molecule has 4 nitrogen and oxygen atoms in total. The van der Waals surface area contributed by atoms with Gasteiger partial charge in [-0.05, 0) is 38.6 Å². The molecular weight excluding hydrogens is 226 g/mol. The molecule has 0 aliphatic carbocycles. The zero-order chi connectivity index (χ0) is 13.3. The summed E-state index contributed by atoms with van der Waals surface area (Å²) in [6, 6.07) is 0.911. The minimum Gasteiger partial charge on any atom is -0.340 e. The maximum atomic E-state index is 12.4. The van der Waals surface area contributed by atoms with Crippen molar-refractivity contribution in [3.05, 3.63) is 0 Å². The second-order valence-corrected chi connectivity index (χ2v) is 6.36. The molecular formula is C14H27N3O. The number of likely N-dealkylation sites (tertiary alicyclic amines) is 1. The van der Waals surface area contributed by atoms with Gasteiger partial charge in [0.2, 0.25) is 5.91 Å². The monoisotopic (exact) mass is 253 g/mol. The molecule has 2 heterocycles. The molecule has 2 fully saturated rings. The van der Waals surface area contributed by atoms with E-state index in [2.05, 4.69) is 25.8 Å². The third-order valence-corrected chi connectivity index (χ3v) is 4.50. The molecule has 18 heavy (non-hydrogen) atoms. The van der Waals surface area contributed by atoms with Crippen molar-refractivity contribution in [3.63, 3.8) is 0 Å². The number of hydrogen-bond donors (Lipinski definition) is 1. The van der Waals surface area contributed by atoms with Gasteiger partial charge in [0.05, 0.1) is 6.04 Å². The fraction of sp³-hybridized carbons (Fsp3) is 0.929. The first-order valence-electron chi connectivity index (χ1n) is 7.25. The Morgan fingerprint density at radius 1 is 1.28 bits per heavy atom. The van der Waals surface area contributed by atoms with Gasteiger partial charge in [-0.15, -0.1) is 0 Å². The number of amides is 1. The molecule has 0 saturated carbocycles. The predicted octanol–water partition coefficient (Wildman–Crippen LogP) is 1.05. The van der Waals surface area contributed by atoms with Crippen molar-refractivity contribution in [2.75, 3.05) is 20.1 Å². The van der Waals surface area contributed by atoms with Crippen LogP contribution in [0.25, 0.3) is 0 Å². The van der Waals surface area contributed by atoms with Gasteiger partial charge in [-0.3, -0.25) is 9.69 Å². The summed E-state index contributed by atoms with van der Waals surface area (Å²) in [6.07, 6.45) is 4.41. The maximum Gasteiger partial charge on any atom is 0.239 e. The Morgan fingerprint density at radius 2 is 1.94 bits per heavy atom. The second-order valence-electron chi connectivity index (χ2n) is 6.36. The van der Waals surface area contributed by atoms with Crippen molar-refractivity contribution in [2.24, 2.45) is 11.7 Å². The van der Waals surface area contributed by atoms with Gasteiger partial charge in [0, 0.05) is 25.2 Å². The highest BCUT2D eigenvalue weighted by Gasteiger charge is 2.36. The molecule has 0 aromatic rings. The fourth-order valence-corrected chi connectivity index (χ4v) is 3.35. The van der Waals surface area contributed by atoms with Crippen LogP contribution in [0.3, 0.4) is 0 Å². The van der Waals surface area contributed by atoms with Crippen molar-refractivity contribution in [2.45, 2.75) is 57.7 Å². The third kappa shape index (κ3) is 2.86. The molecule has 4 heteroatoms. The van der Waals surface area contributed by atoms with Crippen LogP contribution in [0.4, 0.5) is 0 Å². The van der Waals surface area contributed by atoms with E-state index in [1.165, 1.54) is 12.8 Å². The largest absolute Gasteiger partial charge is 0.340 e. The van der Waals surface area contributed by atoms with E-state index in [0.717, 1.165) is 25.9 Å². The SMILES string of the molecule is CC(C)C[C@H](N)C(=O)N1CCC2CCC(C1)N2C. The lowest BCUT2D eigenvalue weighted by Gasteiger charge is -2.28. The highest BCUT2D eigenvalue weighted by atomic mass is 16.2. The van der Waals surface area contributed by atoms with Crippen molar-refractivity contribution in [1.82, 2.24) is 9.80 Å². The molecule has 2 bridgehead atoms. The molecule has 2 aliphatic rings. The molecule has 2 rings (SSSR count). The Bertz CT molecular complexity index is 305. The summed E-state index contributed by atoms with van der Waals surface area (Å²) < 4.78 is 0. The Hall–Kier alpha value is -0.610. The van der Waals surface area contributed by atoms with Crippen molar-refractivity contribution in [3.8, 4) is 0 Å². The predicted molar refractivity (Wildman–Crippen MR) is 73.2 cm³/mol. The van der Waals surface area contributed by atoms with Crippen molar-refractivity contribution in [1.29, 1.82) is 0 Å². The number of carbonyl (C=O) groups is 1. The van der Waals surface area contributed by atoms with Gasteiger partial charge >= 0.3 is 0 Å². The fourth-order valence-electron chi connectivity index (χ4n) is 3.35. The Morgan fingerprint density at radius 3 is 2.61 bits per heavy atom. The zero-order valence-corrected chi connectivity index (χ0v) is 11.9. The molecule has 1 amide bonds. The highest BCUT2D eigenvalue weighted by Crippen LogP contribution is 2.28. The number of fused-ring (bicyclic) bond motifs is 2. The minimum absolute atomic E-state index is 0.157. The standard InChI is InChI=1S/C14H27N3O/c1-10(2)8-13(15)14(18)17-7-6-11-4-5-12(9-17)16(11)3/h10-13H,4-9,15H2,1-3H3/t11?,12?,13-/m0/s1. The van der Waals surface area contributed by atoms with Gasteiger partial charge < -0.3 is 10.6 Å². The van der Waals surface area contributed by atoms with E-state index in [-0.39, 0.29) is 11.9 Å². The number of carbonyl (C=O) groups excluding carboxylic acids is 1. The first-order chi connectivity index (χ1) is 8.49. The van der Waals surface area contributed by atoms with Crippen LogP contribution in [0.15, 0.2) is 0 Å². The van der Waals surface area contributed by atoms with Gasteiger partial charge in [-0.25, -0.2) is 0 Å². The van der Waals surface area contributed by atoms with E-state index in [0.29, 0.717) is 18.0 Å². The van der Waals surface area contributed by atoms with Crippen LogP contribution in [-0.4, -0.2) is 54.0 Å². The number of nitrogens with two attached hydrogens (primary N) is 1. The van der Waals surface area contributed by atoms with Crippen LogP contribution in [0.2, 0.25) is 0 Å². The summed E-state index contributed by atoms with van der Waals surface area (Å²) in [6.45, 7) is 5.99. The van der Waals surface area contributed by atoms with Crippen molar-refractivity contribution < 1.29 is 4.79 Å². The number of rotatable bonds is 3. The van der Waals surface area contributed by atoms with Crippen LogP contribution < -0.4 is 5.73 Å². The van der Waals surface area contributed by atoms with Gasteiger partial charge in [0.15, 0.2) is 0 Å². The Labute approximate surface area is 110 Å². The lowest BCUT2D eigenvalue weighted by atomic mass is 10.0. The van der Waals surface area contributed by atoms with Gasteiger partial charge in [0.1, 0.15) is 0 Å². The average molecular weight is 253 g/mol. The molecule has 0 spiro atoms. The summed E-state index contributed by atoms with van der Waals surface area (Å²) in [5, 5.41) is 0. The van der Waals surface area contributed by atoms with Crippen LogP contribution in [-0.2, 0) is 4.79 Å². The minimum atomic E-state index is -0.313. The molecule has 0 radical (unpaired) electrons. The lowest BCUT2D eigenvalue weighted by Crippen LogP contribution is -2.47. The average Bonchev–Trinajstić information content (AvgIpc) is 2.51. The topological polar surface area (TPSA) is 49.6 Å². The van der Waals surface area contributed by atoms with E-state index in [1.807, 2.05) is 4.90 Å². The Balaban J connectivity index is 1.95. The quantitative estimate of drug-likeness (QED) is 0.818. The first-order valence-corrected chi connectivity index (χ1v) is 7.25. The lowest BCUT2D eigenvalue weighted by molar-refractivity contribution is -0.133. The molecule has 2 aliphatic heterocycles. The molecule has 2 unspecified atom stereocenters. The number of likely N-dealkylation sites (N-methyl/N-ethyl adjacent to an activating group) is 1. The summed E-state index contributed by atoms with van der Waals surface area (Å²) in [4.78, 5) is 16.8. The van der Waals surface area contributed by atoms with E-state index in [1.54, 1.807) is 0 Å². The summed E-state index contributed by atoms with van der Waals surface area (Å²) >= 11 is 0. The number of hydrogen-bond acceptors (Lipinski definition) is 3. The van der Waals surface area contributed by atoms with Gasteiger partial charge in [0.25, 0.3) is 0 Å². The van der Waals surface area contributed by atoms with Crippen LogP contribution in [0.1, 0.15) is 39.5 Å². The third-order valence-electron chi connectivity index (χ3n) is 4.50. The summed E-state index contributed by atoms with van der Waals surface area (Å²) in [7, 11) is 2.20. The molecule has 2 saturated heterocycles. The van der Waals surface area contributed by atoms with Crippen LogP contribution in [0, 0.1) is 5.92 Å². The van der Waals surface area contributed by atoms with Crippen LogP contribution in [0.5, 0.6) is 0 Å². The second kappa shape index (κ2) is 5.57. The van der Waals surface area contributed by atoms with Gasteiger partial charge in [-0.2, -0.15) is 0 Å². The zero-order valence-electron chi connectivity index (χ0n) is 11.9. The summed E-state index contributed by atoms with van der Waals surface area (Å²) in [5.41, 5.74) is 6.03. The summed E-state index contributed by atoms with van der Waals surface area (Å²) in [5.74, 6) is 0.639. The normalized spacial score (nSPS) is 30.6. The Kier molecular flexibility index (Phi) is 4.28. The molecule has 104 valence electrons. The van der Waals surface area contributed by atoms with Crippen molar-refractivity contribution >= 4 is 5.91 Å². The molecule has 3 atom stereocenters. The van der Waals surface area contributed by atoms with E-state index in [4.69, 9.17) is 5.73 Å². The molecule has 0 aromatic heterocycles. The highest BCUT2D eigenvalue weighted by molar-refractivity contribution is 5.81. The van der Waals surface area contributed by atoms with Gasteiger partial charge in [-0.1, -0.05) is 13.8 Å². The first kappa shape index (κ1) is 13.8. The van der Waals surface area contributed by atoms with E-state index >= 15 is 0 Å². The van der Waals surface area contributed by atoms with Crippen LogP contribution >= 0.6 is 0 Å². The smallest absolute Gasteiger partial charge is 0.239 e. The molecule has 0 aromatic carbocycles. The molecule has 2 N–H and O–H groups in total.